The maximum Gasteiger partial charge on any atom is 0.322 e. The number of nitrogens with one attached hydrogen (secondary N) is 1. The Labute approximate surface area is 133 Å². The number of pyridine rings is 1. The lowest BCUT2D eigenvalue weighted by Gasteiger charge is -2.35. The van der Waals surface area contributed by atoms with Crippen LogP contribution in [0, 0.1) is 0 Å². The van der Waals surface area contributed by atoms with E-state index in [9.17, 15) is 4.79 Å². The summed E-state index contributed by atoms with van der Waals surface area (Å²) in [6.07, 6.45) is 3.54. The van der Waals surface area contributed by atoms with E-state index in [1.165, 1.54) is 0 Å². The van der Waals surface area contributed by atoms with Crippen molar-refractivity contribution in [1.82, 2.24) is 14.5 Å². The van der Waals surface area contributed by atoms with E-state index in [0.717, 1.165) is 5.69 Å². The van der Waals surface area contributed by atoms with Gasteiger partial charge in [-0.2, -0.15) is 0 Å². The number of aromatic nitrogens is 2. The number of halogens is 1. The van der Waals surface area contributed by atoms with Gasteiger partial charge in [0.2, 0.25) is 0 Å². The highest BCUT2D eigenvalue weighted by Crippen LogP contribution is 2.26. The second-order valence-corrected chi connectivity index (χ2v) is 5.46. The van der Waals surface area contributed by atoms with Crippen molar-refractivity contribution in [2.24, 2.45) is 7.05 Å². The normalized spacial score (nSPS) is 18.3. The molecule has 1 saturated heterocycles. The minimum absolute atomic E-state index is 0.121. The van der Waals surface area contributed by atoms with Crippen LogP contribution in [0.3, 0.4) is 0 Å². The van der Waals surface area contributed by atoms with E-state index in [0.29, 0.717) is 25.4 Å². The van der Waals surface area contributed by atoms with Crippen LogP contribution in [0.25, 0.3) is 0 Å². The molecule has 22 heavy (non-hydrogen) atoms. The summed E-state index contributed by atoms with van der Waals surface area (Å²) in [7, 11) is 1.96. The Balaban J connectivity index is 1.80. The Bertz CT molecular complexity index is 673. The van der Waals surface area contributed by atoms with Crippen LogP contribution in [0.1, 0.15) is 11.7 Å². The third-order valence-electron chi connectivity index (χ3n) is 3.72. The molecule has 116 valence electrons. The fraction of sp³-hybridized carbons (Fsp3) is 0.333. The fourth-order valence-corrected chi connectivity index (χ4v) is 2.75. The minimum Gasteiger partial charge on any atom is -0.377 e. The van der Waals surface area contributed by atoms with Gasteiger partial charge in [0.25, 0.3) is 0 Å². The number of urea groups is 1. The summed E-state index contributed by atoms with van der Waals surface area (Å²) >= 11 is 6.00. The van der Waals surface area contributed by atoms with Gasteiger partial charge in [0.1, 0.15) is 0 Å². The number of nitrogens with zero attached hydrogens (tertiary/aromatic N) is 3. The fourth-order valence-electron chi connectivity index (χ4n) is 2.58. The molecule has 2 aromatic heterocycles. The van der Waals surface area contributed by atoms with Crippen LogP contribution in [0.2, 0.25) is 5.15 Å². The Morgan fingerprint density at radius 3 is 3.05 bits per heavy atom. The van der Waals surface area contributed by atoms with E-state index in [-0.39, 0.29) is 17.2 Å². The van der Waals surface area contributed by atoms with Crippen molar-refractivity contribution in [3.63, 3.8) is 0 Å². The number of aryl methyl sites for hydroxylation is 1. The average Bonchev–Trinajstić information content (AvgIpc) is 2.95. The predicted molar refractivity (Wildman–Crippen MR) is 83.9 cm³/mol. The molecule has 0 saturated carbocycles. The molecule has 0 aliphatic carbocycles. The molecule has 0 bridgehead atoms. The van der Waals surface area contributed by atoms with Gasteiger partial charge in [0.15, 0.2) is 5.15 Å². The van der Waals surface area contributed by atoms with Gasteiger partial charge in [0.05, 0.1) is 24.9 Å². The molecular weight excluding hydrogens is 304 g/mol. The first kappa shape index (κ1) is 14.9. The highest BCUT2D eigenvalue weighted by atomic mass is 35.5. The maximum atomic E-state index is 12.6. The van der Waals surface area contributed by atoms with Gasteiger partial charge in [-0.1, -0.05) is 11.6 Å². The van der Waals surface area contributed by atoms with Gasteiger partial charge in [-0.25, -0.2) is 9.78 Å². The number of hydrogen-bond donors (Lipinski definition) is 1. The summed E-state index contributed by atoms with van der Waals surface area (Å²) in [6, 6.07) is 7.09. The molecule has 7 heteroatoms. The van der Waals surface area contributed by atoms with Crippen LogP contribution in [0.5, 0.6) is 0 Å². The lowest BCUT2D eigenvalue weighted by atomic mass is 10.1. The summed E-state index contributed by atoms with van der Waals surface area (Å²) in [5, 5.41) is 3.10. The number of rotatable bonds is 2. The number of hydrogen-bond acceptors (Lipinski definition) is 3. The molecule has 1 fully saturated rings. The second-order valence-electron chi connectivity index (χ2n) is 5.10. The van der Waals surface area contributed by atoms with Crippen LogP contribution >= 0.6 is 11.6 Å². The molecule has 0 radical (unpaired) electrons. The van der Waals surface area contributed by atoms with Gasteiger partial charge in [0, 0.05) is 31.7 Å². The molecule has 0 unspecified atom stereocenters. The van der Waals surface area contributed by atoms with Crippen LogP contribution in [-0.4, -0.2) is 40.2 Å². The summed E-state index contributed by atoms with van der Waals surface area (Å²) in [5.41, 5.74) is 1.54. The standard InChI is InChI=1S/C15H17ClN4O2/c1-19-7-3-5-12(19)13-10-22-9-8-20(13)15(21)18-11-4-2-6-17-14(11)16/h2-7,13H,8-10H2,1H3,(H,18,21)/t13-/m0/s1. The maximum absolute atomic E-state index is 12.6. The van der Waals surface area contributed by atoms with Gasteiger partial charge >= 0.3 is 6.03 Å². The number of carbonyl (C=O) groups is 1. The van der Waals surface area contributed by atoms with E-state index in [2.05, 4.69) is 10.3 Å². The third-order valence-corrected chi connectivity index (χ3v) is 4.02. The first-order valence-corrected chi connectivity index (χ1v) is 7.41. The van der Waals surface area contributed by atoms with Gasteiger partial charge in [-0.15, -0.1) is 0 Å². The van der Waals surface area contributed by atoms with Gasteiger partial charge in [-0.05, 0) is 24.3 Å². The van der Waals surface area contributed by atoms with Crippen molar-refractivity contribution in [3.05, 3.63) is 47.5 Å². The molecule has 1 atom stereocenters. The smallest absolute Gasteiger partial charge is 0.322 e. The lowest BCUT2D eigenvalue weighted by molar-refractivity contribution is 0.0124. The Hall–Kier alpha value is -2.05. The SMILES string of the molecule is Cn1cccc1[C@@H]1COCCN1C(=O)Nc1cccnc1Cl. The Morgan fingerprint density at radius 2 is 2.32 bits per heavy atom. The monoisotopic (exact) mass is 320 g/mol. The molecule has 1 N–H and O–H groups in total. The van der Waals surface area contributed by atoms with E-state index < -0.39 is 0 Å². The molecule has 1 aliphatic heterocycles. The predicted octanol–water partition coefficient (Wildman–Crippen LogP) is 2.68. The molecule has 1 aliphatic rings. The number of morpholine rings is 1. The quantitative estimate of drug-likeness (QED) is 0.865. The zero-order valence-corrected chi connectivity index (χ0v) is 13.0. The first-order valence-electron chi connectivity index (χ1n) is 7.04. The molecule has 0 aromatic carbocycles. The van der Waals surface area contributed by atoms with Crippen LogP contribution < -0.4 is 5.32 Å². The molecule has 2 amide bonds. The summed E-state index contributed by atoms with van der Waals surface area (Å²) in [6.45, 7) is 1.53. The summed E-state index contributed by atoms with van der Waals surface area (Å²) in [4.78, 5) is 18.3. The number of anilines is 1. The zero-order valence-electron chi connectivity index (χ0n) is 12.2. The van der Waals surface area contributed by atoms with Gasteiger partial charge in [-0.3, -0.25) is 0 Å². The van der Waals surface area contributed by atoms with E-state index >= 15 is 0 Å². The van der Waals surface area contributed by atoms with Crippen molar-refractivity contribution in [2.75, 3.05) is 25.1 Å². The van der Waals surface area contributed by atoms with E-state index in [1.807, 2.05) is 29.9 Å². The van der Waals surface area contributed by atoms with Crippen LogP contribution in [-0.2, 0) is 11.8 Å². The minimum atomic E-state index is -0.204. The van der Waals surface area contributed by atoms with Crippen molar-refractivity contribution in [3.8, 4) is 0 Å². The van der Waals surface area contributed by atoms with Gasteiger partial charge < -0.3 is 19.5 Å². The van der Waals surface area contributed by atoms with Crippen molar-refractivity contribution in [2.45, 2.75) is 6.04 Å². The van der Waals surface area contributed by atoms with E-state index in [1.54, 1.807) is 23.2 Å². The van der Waals surface area contributed by atoms with E-state index in [4.69, 9.17) is 16.3 Å². The van der Waals surface area contributed by atoms with Crippen LogP contribution in [0.15, 0.2) is 36.7 Å². The summed E-state index contributed by atoms with van der Waals surface area (Å²) in [5.74, 6) is 0. The molecule has 6 nitrogen and oxygen atoms in total. The lowest BCUT2D eigenvalue weighted by Crippen LogP contribution is -2.46. The largest absolute Gasteiger partial charge is 0.377 e. The molecule has 2 aromatic rings. The third kappa shape index (κ3) is 2.93. The zero-order chi connectivity index (χ0) is 15.5. The van der Waals surface area contributed by atoms with Crippen LogP contribution in [0.4, 0.5) is 10.5 Å². The average molecular weight is 321 g/mol. The number of amides is 2. The Morgan fingerprint density at radius 1 is 1.45 bits per heavy atom. The first-order chi connectivity index (χ1) is 10.7. The number of carbonyl (C=O) groups excluding carboxylic acids is 1. The van der Waals surface area contributed by atoms with Crippen molar-refractivity contribution < 1.29 is 9.53 Å². The molecule has 3 heterocycles. The second kappa shape index (κ2) is 6.37. The molecular formula is C15H17ClN4O2. The summed E-state index contributed by atoms with van der Waals surface area (Å²) < 4.78 is 7.54. The number of ether oxygens (including phenoxy) is 1. The molecule has 3 rings (SSSR count). The molecule has 0 spiro atoms. The van der Waals surface area contributed by atoms with Crippen molar-refractivity contribution in [1.29, 1.82) is 0 Å². The van der Waals surface area contributed by atoms with Crippen molar-refractivity contribution >= 4 is 23.3 Å². The Kier molecular flexibility index (Phi) is 4.31. The highest BCUT2D eigenvalue weighted by Gasteiger charge is 2.30. The highest BCUT2D eigenvalue weighted by molar-refractivity contribution is 6.32. The topological polar surface area (TPSA) is 59.4 Å².